The van der Waals surface area contributed by atoms with E-state index in [0.717, 1.165) is 47.2 Å². The zero-order valence-corrected chi connectivity index (χ0v) is 19.3. The van der Waals surface area contributed by atoms with Gasteiger partial charge in [0.05, 0.1) is 24.9 Å². The van der Waals surface area contributed by atoms with E-state index in [1.54, 1.807) is 0 Å². The molecule has 0 bridgehead atoms. The van der Waals surface area contributed by atoms with E-state index in [2.05, 4.69) is 33.2 Å². The molecule has 1 atom stereocenters. The van der Waals surface area contributed by atoms with E-state index in [-0.39, 0.29) is 12.2 Å². The van der Waals surface area contributed by atoms with Gasteiger partial charge in [-0.3, -0.25) is 24.3 Å². The fourth-order valence-electron chi connectivity index (χ4n) is 5.11. The Kier molecular flexibility index (Phi) is 6.51. The number of ketones is 1. The van der Waals surface area contributed by atoms with Gasteiger partial charge in [0.25, 0.3) is 0 Å². The third-order valence-electron chi connectivity index (χ3n) is 6.97. The zero-order chi connectivity index (χ0) is 22.8. The van der Waals surface area contributed by atoms with Crippen LogP contribution in [0.1, 0.15) is 37.1 Å². The second kappa shape index (κ2) is 9.69. The summed E-state index contributed by atoms with van der Waals surface area (Å²) in [4.78, 5) is 21.4. The van der Waals surface area contributed by atoms with Gasteiger partial charge >= 0.3 is 0 Å². The summed E-state index contributed by atoms with van der Waals surface area (Å²) < 4.78 is 15.4. The number of likely N-dealkylation sites (tertiary alicyclic amines) is 2. The minimum absolute atomic E-state index is 0.0863. The van der Waals surface area contributed by atoms with Crippen LogP contribution in [0.2, 0.25) is 0 Å². The molecule has 5 rings (SSSR count). The van der Waals surface area contributed by atoms with E-state index in [1.165, 1.54) is 25.0 Å². The number of nitrogens with zero attached hydrogens (tertiary/aromatic N) is 5. The molecule has 0 unspecified atom stereocenters. The number of aryl methyl sites for hydroxylation is 1. The van der Waals surface area contributed by atoms with Gasteiger partial charge in [-0.15, -0.1) is 0 Å². The molecule has 2 fully saturated rings. The lowest BCUT2D eigenvalue weighted by Crippen LogP contribution is -2.30. The van der Waals surface area contributed by atoms with Gasteiger partial charge < -0.3 is 0 Å². The molecule has 0 radical (unpaired) electrons. The third-order valence-corrected chi connectivity index (χ3v) is 6.97. The van der Waals surface area contributed by atoms with E-state index >= 15 is 0 Å². The molecule has 2 saturated heterocycles. The minimum Gasteiger partial charge on any atom is -0.298 e. The van der Waals surface area contributed by atoms with E-state index in [9.17, 15) is 9.18 Å². The molecular weight excluding hydrogens is 417 g/mol. The van der Waals surface area contributed by atoms with Crippen molar-refractivity contribution in [2.75, 3.05) is 32.7 Å². The molecule has 0 spiro atoms. The highest BCUT2D eigenvalue weighted by Gasteiger charge is 2.23. The lowest BCUT2D eigenvalue weighted by atomic mass is 10.0. The lowest BCUT2D eigenvalue weighted by molar-refractivity contribution is -0.119. The van der Waals surface area contributed by atoms with Crippen LogP contribution < -0.4 is 0 Å². The van der Waals surface area contributed by atoms with Gasteiger partial charge in [0.1, 0.15) is 6.17 Å². The number of pyridine rings is 1. The molecule has 0 saturated carbocycles. The summed E-state index contributed by atoms with van der Waals surface area (Å²) in [6.45, 7) is 4.53. The number of hydrogen-bond donors (Lipinski definition) is 0. The maximum Gasteiger partial charge on any atom is 0.152 e. The lowest BCUT2D eigenvalue weighted by Gasteiger charge is -2.26. The first-order chi connectivity index (χ1) is 16.0. The summed E-state index contributed by atoms with van der Waals surface area (Å²) in [7, 11) is 2.02. The highest BCUT2D eigenvalue weighted by Crippen LogP contribution is 2.29. The average molecular weight is 450 g/mol. The number of alkyl halides is 1. The second-order valence-electron chi connectivity index (χ2n) is 9.54. The van der Waals surface area contributed by atoms with Gasteiger partial charge in [0.2, 0.25) is 0 Å². The van der Waals surface area contributed by atoms with Crippen molar-refractivity contribution in [3.8, 4) is 11.1 Å². The van der Waals surface area contributed by atoms with Gasteiger partial charge in [-0.1, -0.05) is 18.6 Å². The number of carbonyl (C=O) groups is 1. The second-order valence-corrected chi connectivity index (χ2v) is 9.54. The van der Waals surface area contributed by atoms with Crippen LogP contribution in [0.3, 0.4) is 0 Å². The molecule has 0 N–H and O–H groups in total. The van der Waals surface area contributed by atoms with E-state index in [4.69, 9.17) is 0 Å². The summed E-state index contributed by atoms with van der Waals surface area (Å²) in [5.41, 5.74) is 4.30. The molecule has 1 aromatic carbocycles. The number of benzene rings is 1. The Morgan fingerprint density at radius 1 is 1.06 bits per heavy atom. The molecule has 2 aliphatic rings. The molecule has 0 aliphatic carbocycles. The Labute approximate surface area is 194 Å². The van der Waals surface area contributed by atoms with Crippen molar-refractivity contribution >= 4 is 16.6 Å². The molecule has 2 aliphatic heterocycles. The van der Waals surface area contributed by atoms with Crippen molar-refractivity contribution in [2.45, 2.75) is 44.8 Å². The quantitative estimate of drug-likeness (QED) is 0.550. The number of piperidine rings is 1. The Morgan fingerprint density at radius 2 is 1.91 bits per heavy atom. The number of carbonyl (C=O) groups excluding carboxylic acids is 1. The van der Waals surface area contributed by atoms with Gasteiger partial charge in [-0.05, 0) is 55.4 Å². The van der Waals surface area contributed by atoms with Crippen molar-refractivity contribution in [1.29, 1.82) is 0 Å². The standard InChI is InChI=1S/C26H32FN5O/c1-30-26(18-31-8-3-2-4-9-31)25(15-29-30)19-5-6-20-14-28-23(12-21(20)11-19)13-24(33)17-32-10-7-22(27)16-32/h5-6,11-12,14-15,22H,2-4,7-10,13,16-18H2,1H3/t22-/m0/s1. The van der Waals surface area contributed by atoms with Gasteiger partial charge in [-0.2, -0.15) is 5.10 Å². The fraction of sp³-hybridized carbons (Fsp3) is 0.500. The molecule has 0 amide bonds. The number of halogens is 1. The summed E-state index contributed by atoms with van der Waals surface area (Å²) in [5.74, 6) is 0.0863. The number of hydrogen-bond acceptors (Lipinski definition) is 5. The molecule has 4 heterocycles. The molecule has 33 heavy (non-hydrogen) atoms. The van der Waals surface area contributed by atoms with Crippen LogP contribution in [-0.2, 0) is 24.8 Å². The SMILES string of the molecule is Cn1ncc(-c2ccc3cnc(CC(=O)CN4CC[C@H](F)C4)cc3c2)c1CN1CCCCC1. The predicted octanol–water partition coefficient (Wildman–Crippen LogP) is 3.78. The van der Waals surface area contributed by atoms with Gasteiger partial charge in [0.15, 0.2) is 5.78 Å². The largest absolute Gasteiger partial charge is 0.298 e. The monoisotopic (exact) mass is 449 g/mol. The van der Waals surface area contributed by atoms with Crippen LogP contribution in [0, 0.1) is 0 Å². The molecule has 6 nitrogen and oxygen atoms in total. The van der Waals surface area contributed by atoms with Crippen LogP contribution in [0.15, 0.2) is 36.7 Å². The highest BCUT2D eigenvalue weighted by atomic mass is 19.1. The first kappa shape index (κ1) is 22.2. The number of aromatic nitrogens is 3. The Bertz CT molecular complexity index is 1140. The summed E-state index contributed by atoms with van der Waals surface area (Å²) in [5, 5.41) is 6.68. The van der Waals surface area contributed by atoms with Crippen LogP contribution in [0.5, 0.6) is 0 Å². The molecular formula is C26H32FN5O. The van der Waals surface area contributed by atoms with Crippen molar-refractivity contribution in [3.63, 3.8) is 0 Å². The maximum absolute atomic E-state index is 13.4. The van der Waals surface area contributed by atoms with Crippen LogP contribution in [-0.4, -0.2) is 69.2 Å². The first-order valence-corrected chi connectivity index (χ1v) is 12.1. The minimum atomic E-state index is -0.803. The molecule has 2 aromatic heterocycles. The number of Topliss-reactive ketones (excluding diaryl/α,β-unsaturated/α-hetero) is 1. The first-order valence-electron chi connectivity index (χ1n) is 12.1. The molecule has 174 valence electrons. The van der Waals surface area contributed by atoms with Gasteiger partial charge in [0, 0.05) is 49.5 Å². The Hall–Kier alpha value is -2.64. The van der Waals surface area contributed by atoms with Crippen molar-refractivity contribution in [2.24, 2.45) is 7.05 Å². The van der Waals surface area contributed by atoms with Crippen LogP contribution in [0.25, 0.3) is 21.9 Å². The number of fused-ring (bicyclic) bond motifs is 1. The third kappa shape index (κ3) is 5.14. The molecule has 3 aromatic rings. The normalized spacial score (nSPS) is 20.0. The van der Waals surface area contributed by atoms with E-state index in [0.29, 0.717) is 26.1 Å². The van der Waals surface area contributed by atoms with Crippen molar-refractivity contribution in [1.82, 2.24) is 24.6 Å². The smallest absolute Gasteiger partial charge is 0.152 e. The summed E-state index contributed by atoms with van der Waals surface area (Å²) >= 11 is 0. The Balaban J connectivity index is 1.34. The maximum atomic E-state index is 13.4. The van der Waals surface area contributed by atoms with E-state index < -0.39 is 6.17 Å². The van der Waals surface area contributed by atoms with Crippen LogP contribution >= 0.6 is 0 Å². The Morgan fingerprint density at radius 3 is 2.70 bits per heavy atom. The highest BCUT2D eigenvalue weighted by molar-refractivity contribution is 5.89. The fourth-order valence-corrected chi connectivity index (χ4v) is 5.11. The summed E-state index contributed by atoms with van der Waals surface area (Å²) in [6, 6.07) is 8.41. The van der Waals surface area contributed by atoms with Gasteiger partial charge in [-0.25, -0.2) is 4.39 Å². The zero-order valence-electron chi connectivity index (χ0n) is 19.3. The summed E-state index contributed by atoms with van der Waals surface area (Å²) in [6.07, 6.45) is 7.66. The van der Waals surface area contributed by atoms with E-state index in [1.807, 2.05) is 35.1 Å². The van der Waals surface area contributed by atoms with Crippen molar-refractivity contribution in [3.05, 3.63) is 48.0 Å². The topological polar surface area (TPSA) is 54.3 Å². The predicted molar refractivity (Wildman–Crippen MR) is 128 cm³/mol. The van der Waals surface area contributed by atoms with Crippen molar-refractivity contribution < 1.29 is 9.18 Å². The molecule has 7 heteroatoms. The average Bonchev–Trinajstić information content (AvgIpc) is 3.39. The van der Waals surface area contributed by atoms with Crippen LogP contribution in [0.4, 0.5) is 4.39 Å². The number of rotatable bonds is 7.